The predicted molar refractivity (Wildman–Crippen MR) is 104 cm³/mol. The molecule has 0 aliphatic rings. The van der Waals surface area contributed by atoms with Crippen LogP contribution in [0.5, 0.6) is 0 Å². The van der Waals surface area contributed by atoms with Gasteiger partial charge in [-0.3, -0.25) is 4.98 Å². The van der Waals surface area contributed by atoms with Crippen LogP contribution in [-0.2, 0) is 6.42 Å². The Hall–Kier alpha value is -1.76. The Bertz CT molecular complexity index is 993. The van der Waals surface area contributed by atoms with E-state index in [1.807, 2.05) is 12.1 Å². The van der Waals surface area contributed by atoms with Gasteiger partial charge in [-0.25, -0.2) is 0 Å². The van der Waals surface area contributed by atoms with Crippen LogP contribution < -0.4 is 0 Å². The molecule has 1 heterocycles. The highest BCUT2D eigenvalue weighted by molar-refractivity contribution is 6.36. The van der Waals surface area contributed by atoms with Crippen LogP contribution in [0.25, 0.3) is 22.4 Å². The molecule has 0 radical (unpaired) electrons. The lowest BCUT2D eigenvalue weighted by Crippen LogP contribution is -1.97. The number of hydrogen-bond acceptors (Lipinski definition) is 2. The first kappa shape index (κ1) is 18.0. The van der Waals surface area contributed by atoms with E-state index in [9.17, 15) is 5.26 Å². The highest BCUT2D eigenvalue weighted by Gasteiger charge is 2.14. The molecule has 2 nitrogen and oxygen atoms in total. The van der Waals surface area contributed by atoms with Crippen LogP contribution in [0.4, 0.5) is 0 Å². The SMILES string of the molecule is N#CCc1nc(-c2cc(Cl)ccc2Cl)ccc1-c1cc(Cl)ccc1Cl. The number of aromatic nitrogens is 1. The zero-order valence-corrected chi connectivity index (χ0v) is 15.8. The molecule has 6 heteroatoms. The monoisotopic (exact) mass is 406 g/mol. The third kappa shape index (κ3) is 3.92. The van der Waals surface area contributed by atoms with Crippen molar-refractivity contribution in [1.29, 1.82) is 5.26 Å². The van der Waals surface area contributed by atoms with Crippen molar-refractivity contribution in [2.45, 2.75) is 6.42 Å². The van der Waals surface area contributed by atoms with E-state index in [-0.39, 0.29) is 6.42 Å². The van der Waals surface area contributed by atoms with Gasteiger partial charge in [0.1, 0.15) is 0 Å². The molecule has 2 aromatic carbocycles. The van der Waals surface area contributed by atoms with E-state index in [2.05, 4.69) is 11.1 Å². The number of halogens is 4. The summed E-state index contributed by atoms with van der Waals surface area (Å²) in [5, 5.41) is 11.4. The van der Waals surface area contributed by atoms with Crippen molar-refractivity contribution in [3.63, 3.8) is 0 Å². The molecule has 0 bridgehead atoms. The van der Waals surface area contributed by atoms with Crippen molar-refractivity contribution in [1.82, 2.24) is 4.98 Å². The number of rotatable bonds is 3. The third-order valence-electron chi connectivity index (χ3n) is 3.64. The van der Waals surface area contributed by atoms with Crippen LogP contribution in [0.15, 0.2) is 48.5 Å². The van der Waals surface area contributed by atoms with Gasteiger partial charge < -0.3 is 0 Å². The fraction of sp³-hybridized carbons (Fsp3) is 0.0526. The Labute approximate surface area is 165 Å². The average Bonchev–Trinajstić information content (AvgIpc) is 2.60. The van der Waals surface area contributed by atoms with Crippen molar-refractivity contribution < 1.29 is 0 Å². The average molecular weight is 408 g/mol. The van der Waals surface area contributed by atoms with Gasteiger partial charge in [0.25, 0.3) is 0 Å². The molecule has 0 aliphatic carbocycles. The first-order valence-electron chi connectivity index (χ1n) is 7.27. The zero-order valence-electron chi connectivity index (χ0n) is 12.7. The molecule has 0 amide bonds. The Morgan fingerprint density at radius 3 is 2.00 bits per heavy atom. The van der Waals surface area contributed by atoms with Crippen molar-refractivity contribution in [2.75, 3.05) is 0 Å². The number of hydrogen-bond donors (Lipinski definition) is 0. The zero-order chi connectivity index (χ0) is 18.0. The van der Waals surface area contributed by atoms with E-state index < -0.39 is 0 Å². The van der Waals surface area contributed by atoms with Gasteiger partial charge in [0.2, 0.25) is 0 Å². The van der Waals surface area contributed by atoms with Crippen LogP contribution in [0.2, 0.25) is 20.1 Å². The van der Waals surface area contributed by atoms with Gasteiger partial charge in [0.05, 0.1) is 28.9 Å². The maximum Gasteiger partial charge on any atom is 0.0781 e. The minimum atomic E-state index is 0.129. The lowest BCUT2D eigenvalue weighted by atomic mass is 10.0. The van der Waals surface area contributed by atoms with Crippen molar-refractivity contribution in [3.05, 3.63) is 74.3 Å². The summed E-state index contributed by atoms with van der Waals surface area (Å²) >= 11 is 24.7. The standard InChI is InChI=1S/C19H10Cl4N2/c20-11-1-4-16(22)14(9-11)13-3-6-18(25-19(13)7-8-24)15-10-12(21)2-5-17(15)23/h1-6,9-10H,7H2. The summed E-state index contributed by atoms with van der Waals surface area (Å²) < 4.78 is 0. The van der Waals surface area contributed by atoms with Gasteiger partial charge in [-0.15, -0.1) is 0 Å². The van der Waals surface area contributed by atoms with Crippen LogP contribution in [0, 0.1) is 11.3 Å². The second-order valence-electron chi connectivity index (χ2n) is 5.27. The molecule has 0 N–H and O–H groups in total. The van der Waals surface area contributed by atoms with Gasteiger partial charge in [-0.2, -0.15) is 5.26 Å². The van der Waals surface area contributed by atoms with E-state index in [4.69, 9.17) is 46.4 Å². The van der Waals surface area contributed by atoms with Crippen LogP contribution >= 0.6 is 46.4 Å². The fourth-order valence-electron chi connectivity index (χ4n) is 2.50. The van der Waals surface area contributed by atoms with E-state index in [1.54, 1.807) is 36.4 Å². The molecule has 25 heavy (non-hydrogen) atoms. The molecule has 0 atom stereocenters. The topological polar surface area (TPSA) is 36.7 Å². The smallest absolute Gasteiger partial charge is 0.0781 e. The largest absolute Gasteiger partial charge is 0.251 e. The molecule has 3 rings (SSSR count). The van der Waals surface area contributed by atoms with Gasteiger partial charge >= 0.3 is 0 Å². The molecule has 0 saturated heterocycles. The van der Waals surface area contributed by atoms with E-state index >= 15 is 0 Å². The third-order valence-corrected chi connectivity index (χ3v) is 4.77. The Morgan fingerprint density at radius 2 is 1.36 bits per heavy atom. The molecule has 0 unspecified atom stereocenters. The van der Waals surface area contributed by atoms with E-state index in [0.29, 0.717) is 37.0 Å². The summed E-state index contributed by atoms with van der Waals surface area (Å²) in [4.78, 5) is 4.61. The number of pyridine rings is 1. The quantitative estimate of drug-likeness (QED) is 0.464. The van der Waals surface area contributed by atoms with Crippen molar-refractivity contribution in [2.24, 2.45) is 0 Å². The van der Waals surface area contributed by atoms with Crippen LogP contribution in [-0.4, -0.2) is 4.98 Å². The van der Waals surface area contributed by atoms with Crippen LogP contribution in [0.3, 0.4) is 0 Å². The lowest BCUT2D eigenvalue weighted by molar-refractivity contribution is 1.12. The molecule has 1 aromatic heterocycles. The molecule has 0 aliphatic heterocycles. The van der Waals surface area contributed by atoms with Crippen molar-refractivity contribution >= 4 is 46.4 Å². The van der Waals surface area contributed by atoms with Gasteiger partial charge in [0.15, 0.2) is 0 Å². The van der Waals surface area contributed by atoms with Crippen molar-refractivity contribution in [3.8, 4) is 28.5 Å². The molecule has 124 valence electrons. The molecule has 3 aromatic rings. The fourth-order valence-corrected chi connectivity index (χ4v) is 3.28. The summed E-state index contributed by atoms with van der Waals surface area (Å²) in [6, 6.07) is 16.2. The van der Waals surface area contributed by atoms with Crippen LogP contribution in [0.1, 0.15) is 5.69 Å². The van der Waals surface area contributed by atoms with E-state index in [0.717, 1.165) is 11.1 Å². The highest BCUT2D eigenvalue weighted by atomic mass is 35.5. The first-order valence-corrected chi connectivity index (χ1v) is 8.78. The maximum absolute atomic E-state index is 9.18. The Morgan fingerprint density at radius 1 is 0.760 bits per heavy atom. The second-order valence-corrected chi connectivity index (χ2v) is 6.96. The maximum atomic E-state index is 9.18. The summed E-state index contributed by atoms with van der Waals surface area (Å²) in [6.07, 6.45) is 0.129. The predicted octanol–water partition coefficient (Wildman–Crippen LogP) is 7.10. The highest BCUT2D eigenvalue weighted by Crippen LogP contribution is 2.35. The lowest BCUT2D eigenvalue weighted by Gasteiger charge is -2.12. The summed E-state index contributed by atoms with van der Waals surface area (Å²) in [7, 11) is 0. The Balaban J connectivity index is 2.18. The molecule has 0 fully saturated rings. The summed E-state index contributed by atoms with van der Waals surface area (Å²) in [5.41, 5.74) is 3.43. The van der Waals surface area contributed by atoms with E-state index in [1.165, 1.54) is 0 Å². The Kier molecular flexibility index (Phi) is 5.51. The molecule has 0 saturated carbocycles. The molecular weight excluding hydrogens is 398 g/mol. The normalized spacial score (nSPS) is 10.5. The van der Waals surface area contributed by atoms with Gasteiger partial charge in [-0.05, 0) is 42.5 Å². The summed E-state index contributed by atoms with van der Waals surface area (Å²) in [5.74, 6) is 0. The number of nitriles is 1. The summed E-state index contributed by atoms with van der Waals surface area (Å²) in [6.45, 7) is 0. The molecular formula is C19H10Cl4N2. The van der Waals surface area contributed by atoms with Gasteiger partial charge in [0, 0.05) is 31.8 Å². The number of nitrogens with zero attached hydrogens (tertiary/aromatic N) is 2. The number of benzene rings is 2. The molecule has 0 spiro atoms. The van der Waals surface area contributed by atoms with Gasteiger partial charge in [-0.1, -0.05) is 52.5 Å². The second kappa shape index (κ2) is 7.64. The minimum Gasteiger partial charge on any atom is -0.251 e. The first-order chi connectivity index (χ1) is 12.0. The minimum absolute atomic E-state index is 0.129.